The standard InChI is InChI=1S/C24H19Cl2NO3/c25-18-9-10-22(30-23(26)15-5-2-1-3-6-15)21(12-18)20-8-4-7-19(20)16-11-17(24(28)29)14-27-13-16/h1-3,5-6,9-14,23H,4,7-8H2,(H,28,29). The summed E-state index contributed by atoms with van der Waals surface area (Å²) in [5.74, 6) is -0.357. The van der Waals surface area contributed by atoms with E-state index in [4.69, 9.17) is 27.9 Å². The van der Waals surface area contributed by atoms with Gasteiger partial charge in [-0.15, -0.1) is 0 Å². The van der Waals surface area contributed by atoms with Gasteiger partial charge >= 0.3 is 5.97 Å². The lowest BCUT2D eigenvalue weighted by Gasteiger charge is -2.18. The van der Waals surface area contributed by atoms with Gasteiger partial charge in [-0.2, -0.15) is 0 Å². The number of carboxylic acid groups (broad SMARTS) is 1. The zero-order valence-corrected chi connectivity index (χ0v) is 17.5. The van der Waals surface area contributed by atoms with Crippen molar-refractivity contribution in [3.05, 3.63) is 94.3 Å². The van der Waals surface area contributed by atoms with Gasteiger partial charge in [-0.25, -0.2) is 4.79 Å². The summed E-state index contributed by atoms with van der Waals surface area (Å²) >= 11 is 12.8. The summed E-state index contributed by atoms with van der Waals surface area (Å²) in [6.07, 6.45) is 5.67. The van der Waals surface area contributed by atoms with Crippen LogP contribution in [0.4, 0.5) is 0 Å². The number of carbonyl (C=O) groups is 1. The molecule has 1 aromatic heterocycles. The van der Waals surface area contributed by atoms with Crippen molar-refractivity contribution < 1.29 is 14.6 Å². The van der Waals surface area contributed by atoms with E-state index in [1.807, 2.05) is 42.5 Å². The van der Waals surface area contributed by atoms with Gasteiger partial charge in [-0.3, -0.25) is 4.98 Å². The van der Waals surface area contributed by atoms with Crippen LogP contribution in [-0.4, -0.2) is 16.1 Å². The number of hydrogen-bond acceptors (Lipinski definition) is 3. The highest BCUT2D eigenvalue weighted by Crippen LogP contribution is 2.44. The zero-order chi connectivity index (χ0) is 21.1. The fraction of sp³-hybridized carbons (Fsp3) is 0.167. The highest BCUT2D eigenvalue weighted by Gasteiger charge is 2.23. The third-order valence-electron chi connectivity index (χ3n) is 5.11. The molecule has 4 rings (SSSR count). The Hall–Kier alpha value is -2.82. The predicted molar refractivity (Wildman–Crippen MR) is 119 cm³/mol. The van der Waals surface area contributed by atoms with E-state index in [0.717, 1.165) is 47.1 Å². The molecule has 0 aliphatic heterocycles. The maximum Gasteiger partial charge on any atom is 0.337 e. The molecule has 1 atom stereocenters. The molecule has 6 heteroatoms. The predicted octanol–water partition coefficient (Wildman–Crippen LogP) is 6.84. The van der Waals surface area contributed by atoms with Crippen LogP contribution in [0.25, 0.3) is 11.1 Å². The first-order valence-electron chi connectivity index (χ1n) is 9.59. The smallest absolute Gasteiger partial charge is 0.337 e. The van der Waals surface area contributed by atoms with Gasteiger partial charge in [0, 0.05) is 28.5 Å². The van der Waals surface area contributed by atoms with Crippen molar-refractivity contribution in [2.75, 3.05) is 0 Å². The molecule has 1 heterocycles. The molecule has 1 aliphatic carbocycles. The number of hydrogen-bond donors (Lipinski definition) is 1. The second kappa shape index (κ2) is 8.90. The monoisotopic (exact) mass is 439 g/mol. The van der Waals surface area contributed by atoms with Gasteiger partial charge in [-0.1, -0.05) is 53.5 Å². The van der Waals surface area contributed by atoms with Crippen LogP contribution in [0, 0.1) is 0 Å². The Bertz CT molecular complexity index is 1110. The van der Waals surface area contributed by atoms with Crippen molar-refractivity contribution >= 4 is 40.3 Å². The first-order valence-corrected chi connectivity index (χ1v) is 10.4. The summed E-state index contributed by atoms with van der Waals surface area (Å²) in [4.78, 5) is 15.5. The quantitative estimate of drug-likeness (QED) is 0.426. The summed E-state index contributed by atoms with van der Waals surface area (Å²) in [6.45, 7) is 0. The van der Waals surface area contributed by atoms with Crippen LogP contribution in [0.15, 0.2) is 67.0 Å². The average Bonchev–Trinajstić information content (AvgIpc) is 3.25. The van der Waals surface area contributed by atoms with Crippen molar-refractivity contribution in [3.8, 4) is 5.75 Å². The normalized spacial score (nSPS) is 14.6. The van der Waals surface area contributed by atoms with Gasteiger partial charge < -0.3 is 9.84 Å². The van der Waals surface area contributed by atoms with Gasteiger partial charge in [0.25, 0.3) is 0 Å². The highest BCUT2D eigenvalue weighted by molar-refractivity contribution is 6.30. The minimum Gasteiger partial charge on any atom is -0.478 e. The number of benzene rings is 2. The molecule has 3 aromatic rings. The van der Waals surface area contributed by atoms with Crippen molar-refractivity contribution in [1.29, 1.82) is 0 Å². The molecule has 4 nitrogen and oxygen atoms in total. The Morgan fingerprint density at radius 1 is 1.03 bits per heavy atom. The molecule has 0 saturated heterocycles. The van der Waals surface area contributed by atoms with Crippen LogP contribution >= 0.6 is 23.2 Å². The number of aromatic carboxylic acids is 1. The Kier molecular flexibility index (Phi) is 6.07. The number of allylic oxidation sites excluding steroid dienone is 2. The number of rotatable bonds is 6. The summed E-state index contributed by atoms with van der Waals surface area (Å²) in [5, 5.41) is 9.91. The molecule has 1 aliphatic rings. The van der Waals surface area contributed by atoms with Crippen LogP contribution < -0.4 is 4.74 Å². The molecule has 1 N–H and O–H groups in total. The largest absolute Gasteiger partial charge is 0.478 e. The SMILES string of the molecule is O=C(O)c1cncc(C2=C(c3cc(Cl)ccc3OC(Cl)c3ccccc3)CCC2)c1. The van der Waals surface area contributed by atoms with Crippen molar-refractivity contribution in [3.63, 3.8) is 0 Å². The maximum atomic E-state index is 11.4. The number of nitrogens with zero attached hydrogens (tertiary/aromatic N) is 1. The number of aromatic nitrogens is 1. The fourth-order valence-corrected chi connectivity index (χ4v) is 4.12. The summed E-state index contributed by atoms with van der Waals surface area (Å²) < 4.78 is 6.11. The van der Waals surface area contributed by atoms with E-state index < -0.39 is 11.5 Å². The number of carboxylic acids is 1. The number of halogens is 2. The Morgan fingerprint density at radius 3 is 2.57 bits per heavy atom. The van der Waals surface area contributed by atoms with Crippen molar-refractivity contribution in [1.82, 2.24) is 4.98 Å². The van der Waals surface area contributed by atoms with Crippen molar-refractivity contribution in [2.45, 2.75) is 24.8 Å². The lowest BCUT2D eigenvalue weighted by Crippen LogP contribution is -2.03. The second-order valence-corrected chi connectivity index (χ2v) is 7.90. The van der Waals surface area contributed by atoms with Crippen molar-refractivity contribution in [2.24, 2.45) is 0 Å². The van der Waals surface area contributed by atoms with E-state index in [1.165, 1.54) is 6.20 Å². The summed E-state index contributed by atoms with van der Waals surface area (Å²) in [7, 11) is 0. The number of pyridine rings is 1. The van der Waals surface area contributed by atoms with Gasteiger partial charge in [0.15, 0.2) is 5.56 Å². The van der Waals surface area contributed by atoms with E-state index in [9.17, 15) is 9.90 Å². The zero-order valence-electron chi connectivity index (χ0n) is 16.0. The maximum absolute atomic E-state index is 11.4. The summed E-state index contributed by atoms with van der Waals surface area (Å²) in [5.41, 5.74) is 4.19. The molecule has 0 bridgehead atoms. The lowest BCUT2D eigenvalue weighted by molar-refractivity contribution is 0.0696. The van der Waals surface area contributed by atoms with Crippen LogP contribution in [0.2, 0.25) is 5.02 Å². The van der Waals surface area contributed by atoms with Crippen LogP contribution in [-0.2, 0) is 0 Å². The first kappa shape index (κ1) is 20.5. The van der Waals surface area contributed by atoms with E-state index >= 15 is 0 Å². The molecular weight excluding hydrogens is 421 g/mol. The van der Waals surface area contributed by atoms with Crippen LogP contribution in [0.1, 0.15) is 51.9 Å². The Morgan fingerprint density at radius 2 is 1.80 bits per heavy atom. The van der Waals surface area contributed by atoms with Crippen LogP contribution in [0.3, 0.4) is 0 Å². The van der Waals surface area contributed by atoms with Gasteiger partial charge in [0.1, 0.15) is 5.75 Å². The third kappa shape index (κ3) is 4.35. The van der Waals surface area contributed by atoms with Gasteiger partial charge in [0.2, 0.25) is 0 Å². The molecule has 0 saturated carbocycles. The minimum atomic E-state index is -0.996. The molecule has 1 unspecified atom stereocenters. The molecule has 2 aromatic carbocycles. The minimum absolute atomic E-state index is 0.165. The third-order valence-corrected chi connectivity index (χ3v) is 5.69. The molecular formula is C24H19Cl2NO3. The number of alkyl halides is 1. The van der Waals surface area contributed by atoms with E-state index in [0.29, 0.717) is 10.8 Å². The fourth-order valence-electron chi connectivity index (χ4n) is 3.71. The van der Waals surface area contributed by atoms with Gasteiger partial charge in [0.05, 0.1) is 5.56 Å². The average molecular weight is 440 g/mol. The van der Waals surface area contributed by atoms with Gasteiger partial charge in [-0.05, 0) is 60.2 Å². The van der Waals surface area contributed by atoms with E-state index in [2.05, 4.69) is 4.98 Å². The topological polar surface area (TPSA) is 59.4 Å². The Labute approximate surface area is 184 Å². The number of ether oxygens (including phenoxy) is 1. The molecule has 0 radical (unpaired) electrons. The van der Waals surface area contributed by atoms with Crippen LogP contribution in [0.5, 0.6) is 5.75 Å². The highest BCUT2D eigenvalue weighted by atomic mass is 35.5. The molecule has 152 valence electrons. The summed E-state index contributed by atoms with van der Waals surface area (Å²) in [6, 6.07) is 16.7. The van der Waals surface area contributed by atoms with E-state index in [-0.39, 0.29) is 5.56 Å². The molecule has 0 spiro atoms. The van der Waals surface area contributed by atoms with E-state index in [1.54, 1.807) is 18.3 Å². The first-order chi connectivity index (χ1) is 14.5. The molecule has 0 fully saturated rings. The second-order valence-electron chi connectivity index (χ2n) is 7.06. The molecule has 0 amide bonds. The lowest BCUT2D eigenvalue weighted by atomic mass is 9.96. The molecule has 30 heavy (non-hydrogen) atoms. The Balaban J connectivity index is 1.75.